The lowest BCUT2D eigenvalue weighted by Gasteiger charge is -2.13. The number of carboxylic acid groups (broad SMARTS) is 2. The van der Waals surface area contributed by atoms with Gasteiger partial charge in [0.25, 0.3) is 5.91 Å². The van der Waals surface area contributed by atoms with Crippen molar-refractivity contribution in [3.05, 3.63) is 40.3 Å². The smallest absolute Gasteiger partial charge is 0.336 e. The second-order valence-corrected chi connectivity index (χ2v) is 7.11. The largest absolute Gasteiger partial charge is 0.481 e. The highest BCUT2D eigenvalue weighted by Gasteiger charge is 2.31. The monoisotopic (exact) mass is 379 g/mol. The van der Waals surface area contributed by atoms with E-state index in [1.807, 2.05) is 0 Å². The number of aliphatic carboxylic acids is 1. The van der Waals surface area contributed by atoms with E-state index in [2.05, 4.69) is 0 Å². The Labute approximate surface area is 154 Å². The minimum Gasteiger partial charge on any atom is -0.481 e. The number of hydrogen-bond donors (Lipinski definition) is 2. The third-order valence-corrected chi connectivity index (χ3v) is 5.00. The molecule has 1 aliphatic heterocycles. The predicted octanol–water partition coefficient (Wildman–Crippen LogP) is 3.23. The topological polar surface area (TPSA) is 94.9 Å². The van der Waals surface area contributed by atoms with Gasteiger partial charge in [0.2, 0.25) is 0 Å². The van der Waals surface area contributed by atoms with Crippen molar-refractivity contribution >= 4 is 52.2 Å². The van der Waals surface area contributed by atoms with Crippen LogP contribution in [0.25, 0.3) is 6.08 Å². The van der Waals surface area contributed by atoms with Gasteiger partial charge in [-0.15, -0.1) is 0 Å². The Morgan fingerprint density at radius 1 is 1.16 bits per heavy atom. The summed E-state index contributed by atoms with van der Waals surface area (Å²) in [7, 11) is 0. The fourth-order valence-electron chi connectivity index (χ4n) is 2.37. The van der Waals surface area contributed by atoms with Crippen LogP contribution in [0, 0.1) is 0 Å². The molecule has 0 saturated carbocycles. The van der Waals surface area contributed by atoms with E-state index in [9.17, 15) is 19.5 Å². The number of carbonyl (C=O) groups excluding carboxylic acids is 1. The van der Waals surface area contributed by atoms with Crippen LogP contribution in [0.2, 0.25) is 0 Å². The SMILES string of the molecule is O=C(O)CCCCCN1C(=O)C(=Cc2ccccc2C(=O)O)SC1=S. The highest BCUT2D eigenvalue weighted by Crippen LogP contribution is 2.33. The minimum absolute atomic E-state index is 0.115. The number of nitrogens with zero attached hydrogens (tertiary/aromatic N) is 1. The Bertz CT molecular complexity index is 744. The first-order chi connectivity index (χ1) is 11.9. The molecule has 1 heterocycles. The molecule has 1 aromatic carbocycles. The molecule has 25 heavy (non-hydrogen) atoms. The van der Waals surface area contributed by atoms with E-state index < -0.39 is 11.9 Å². The molecule has 8 heteroatoms. The van der Waals surface area contributed by atoms with Crippen molar-refractivity contribution in [2.24, 2.45) is 0 Å². The number of amides is 1. The first-order valence-electron chi connectivity index (χ1n) is 7.69. The maximum absolute atomic E-state index is 12.5. The molecule has 0 aromatic heterocycles. The van der Waals surface area contributed by atoms with E-state index in [4.69, 9.17) is 17.3 Å². The molecule has 0 atom stereocenters. The summed E-state index contributed by atoms with van der Waals surface area (Å²) in [6.07, 6.45) is 3.59. The molecule has 1 saturated heterocycles. The van der Waals surface area contributed by atoms with E-state index in [1.54, 1.807) is 24.3 Å². The van der Waals surface area contributed by atoms with Gasteiger partial charge >= 0.3 is 11.9 Å². The molecule has 1 aromatic rings. The summed E-state index contributed by atoms with van der Waals surface area (Å²) < 4.78 is 0.433. The van der Waals surface area contributed by atoms with Crippen LogP contribution in [0.3, 0.4) is 0 Å². The molecule has 1 fully saturated rings. The second kappa shape index (κ2) is 8.77. The Morgan fingerprint density at radius 3 is 2.56 bits per heavy atom. The summed E-state index contributed by atoms with van der Waals surface area (Å²) in [5.74, 6) is -2.13. The van der Waals surface area contributed by atoms with E-state index in [1.165, 1.54) is 11.0 Å². The zero-order valence-corrected chi connectivity index (χ0v) is 14.9. The molecule has 1 aliphatic rings. The molecule has 0 radical (unpaired) electrons. The number of thiocarbonyl (C=S) groups is 1. The Morgan fingerprint density at radius 2 is 1.88 bits per heavy atom. The third-order valence-electron chi connectivity index (χ3n) is 3.62. The summed E-state index contributed by atoms with van der Waals surface area (Å²) in [5, 5.41) is 17.8. The van der Waals surface area contributed by atoms with Gasteiger partial charge in [-0.1, -0.05) is 48.6 Å². The van der Waals surface area contributed by atoms with Gasteiger partial charge in [0.15, 0.2) is 0 Å². The van der Waals surface area contributed by atoms with Crippen molar-refractivity contribution in [1.29, 1.82) is 0 Å². The quantitative estimate of drug-likeness (QED) is 0.407. The third kappa shape index (κ3) is 5.14. The fraction of sp³-hybridized carbons (Fsp3) is 0.294. The van der Waals surface area contributed by atoms with Crippen LogP contribution in [0.4, 0.5) is 0 Å². The lowest BCUT2D eigenvalue weighted by atomic mass is 10.1. The van der Waals surface area contributed by atoms with Gasteiger partial charge in [-0.3, -0.25) is 14.5 Å². The number of carboxylic acids is 2. The Hall–Kier alpha value is -2.19. The van der Waals surface area contributed by atoms with Crippen LogP contribution >= 0.6 is 24.0 Å². The standard InChI is InChI=1S/C17H17NO5S2/c19-14(20)8-2-1-5-9-18-15(21)13(25-17(18)24)10-11-6-3-4-7-12(11)16(22)23/h3-4,6-7,10H,1-2,5,8-9H2,(H,19,20)(H,22,23). The van der Waals surface area contributed by atoms with Crippen molar-refractivity contribution in [3.8, 4) is 0 Å². The number of carbonyl (C=O) groups is 3. The summed E-state index contributed by atoms with van der Waals surface area (Å²) in [5.41, 5.74) is 0.582. The van der Waals surface area contributed by atoms with Crippen molar-refractivity contribution < 1.29 is 24.6 Å². The lowest BCUT2D eigenvalue weighted by Crippen LogP contribution is -2.29. The summed E-state index contributed by atoms with van der Waals surface area (Å²) >= 11 is 6.38. The molecule has 6 nitrogen and oxygen atoms in total. The number of thioether (sulfide) groups is 1. The number of aromatic carboxylic acids is 1. The van der Waals surface area contributed by atoms with Gasteiger partial charge in [-0.2, -0.15) is 0 Å². The molecular weight excluding hydrogens is 362 g/mol. The highest BCUT2D eigenvalue weighted by atomic mass is 32.2. The predicted molar refractivity (Wildman–Crippen MR) is 99.4 cm³/mol. The molecule has 2 N–H and O–H groups in total. The van der Waals surface area contributed by atoms with Crippen LogP contribution in [0.1, 0.15) is 41.6 Å². The molecule has 0 unspecified atom stereocenters. The lowest BCUT2D eigenvalue weighted by molar-refractivity contribution is -0.137. The maximum atomic E-state index is 12.5. The van der Waals surface area contributed by atoms with Gasteiger partial charge in [-0.25, -0.2) is 4.79 Å². The van der Waals surface area contributed by atoms with E-state index in [0.717, 1.165) is 11.8 Å². The number of benzene rings is 1. The van der Waals surface area contributed by atoms with Crippen molar-refractivity contribution in [2.45, 2.75) is 25.7 Å². The van der Waals surface area contributed by atoms with Crippen LogP contribution in [-0.4, -0.2) is 43.8 Å². The molecule has 0 bridgehead atoms. The minimum atomic E-state index is -1.05. The average molecular weight is 379 g/mol. The van der Waals surface area contributed by atoms with Crippen molar-refractivity contribution in [2.75, 3.05) is 6.54 Å². The zero-order chi connectivity index (χ0) is 18.4. The van der Waals surface area contributed by atoms with Crippen LogP contribution in [0.15, 0.2) is 29.2 Å². The van der Waals surface area contributed by atoms with Gasteiger partial charge in [0, 0.05) is 13.0 Å². The highest BCUT2D eigenvalue weighted by molar-refractivity contribution is 8.26. The summed E-state index contributed by atoms with van der Waals surface area (Å²) in [4.78, 5) is 36.1. The first kappa shape index (κ1) is 19.1. The number of unbranched alkanes of at least 4 members (excludes halogenated alkanes) is 2. The van der Waals surface area contributed by atoms with Gasteiger partial charge in [0.1, 0.15) is 4.32 Å². The fourth-order valence-corrected chi connectivity index (χ4v) is 3.67. The van der Waals surface area contributed by atoms with Crippen molar-refractivity contribution in [1.82, 2.24) is 4.90 Å². The average Bonchev–Trinajstić information content (AvgIpc) is 2.81. The van der Waals surface area contributed by atoms with Gasteiger partial charge in [0.05, 0.1) is 10.5 Å². The van der Waals surface area contributed by atoms with Gasteiger partial charge < -0.3 is 10.2 Å². The first-order valence-corrected chi connectivity index (χ1v) is 8.92. The molecule has 1 amide bonds. The van der Waals surface area contributed by atoms with Crippen LogP contribution in [0.5, 0.6) is 0 Å². The summed E-state index contributed by atoms with van der Waals surface area (Å²) in [6, 6.07) is 6.46. The molecule has 0 spiro atoms. The second-order valence-electron chi connectivity index (χ2n) is 5.43. The van der Waals surface area contributed by atoms with E-state index >= 15 is 0 Å². The van der Waals surface area contributed by atoms with E-state index in [-0.39, 0.29) is 17.9 Å². The van der Waals surface area contributed by atoms with Crippen LogP contribution < -0.4 is 0 Å². The number of rotatable bonds is 8. The summed E-state index contributed by atoms with van der Waals surface area (Å²) in [6.45, 7) is 0.433. The normalized spacial score (nSPS) is 15.8. The Kier molecular flexibility index (Phi) is 6.72. The molecular formula is C17H17NO5S2. The van der Waals surface area contributed by atoms with E-state index in [0.29, 0.717) is 40.6 Å². The zero-order valence-electron chi connectivity index (χ0n) is 13.3. The number of hydrogen-bond acceptors (Lipinski definition) is 5. The molecule has 0 aliphatic carbocycles. The maximum Gasteiger partial charge on any atom is 0.336 e. The molecule has 2 rings (SSSR count). The van der Waals surface area contributed by atoms with Crippen LogP contribution in [-0.2, 0) is 9.59 Å². The molecule has 132 valence electrons. The van der Waals surface area contributed by atoms with Gasteiger partial charge in [-0.05, 0) is 30.5 Å². The van der Waals surface area contributed by atoms with Crippen molar-refractivity contribution in [3.63, 3.8) is 0 Å². The Balaban J connectivity index is 2.03.